The van der Waals surface area contributed by atoms with Crippen LogP contribution < -0.4 is 0 Å². The molecule has 0 spiro atoms. The minimum absolute atomic E-state index is 0.327. The summed E-state index contributed by atoms with van der Waals surface area (Å²) in [5.41, 5.74) is 2.62. The minimum Gasteiger partial charge on any atom is -0.393 e. The van der Waals surface area contributed by atoms with Gasteiger partial charge in [0, 0.05) is 25.4 Å². The molecular formula is C16H22N2O. The summed E-state index contributed by atoms with van der Waals surface area (Å²) in [5, 5.41) is 10.1. The molecule has 0 aliphatic rings. The molecule has 1 N–H and O–H groups in total. The van der Waals surface area contributed by atoms with Gasteiger partial charge in [-0.2, -0.15) is 0 Å². The van der Waals surface area contributed by atoms with Crippen LogP contribution in [0.3, 0.4) is 0 Å². The number of hydrogen-bond donors (Lipinski definition) is 1. The molecule has 0 bridgehead atoms. The van der Waals surface area contributed by atoms with Crippen LogP contribution in [0.5, 0.6) is 0 Å². The number of aliphatic hydroxyl groups excluding tert-OH is 1. The molecule has 0 fully saturated rings. The lowest BCUT2D eigenvalue weighted by atomic mass is 10.0. The zero-order valence-corrected chi connectivity index (χ0v) is 11.7. The fourth-order valence-corrected chi connectivity index (χ4v) is 2.34. The molecule has 0 saturated carbocycles. The van der Waals surface area contributed by atoms with Crippen molar-refractivity contribution in [3.63, 3.8) is 0 Å². The number of nitrogens with zero attached hydrogens (tertiary/aromatic N) is 2. The summed E-state index contributed by atoms with van der Waals surface area (Å²) >= 11 is 0. The number of imidazole rings is 1. The van der Waals surface area contributed by atoms with Gasteiger partial charge in [-0.3, -0.25) is 0 Å². The van der Waals surface area contributed by atoms with Crippen molar-refractivity contribution in [2.75, 3.05) is 0 Å². The van der Waals surface area contributed by atoms with Crippen LogP contribution in [0.2, 0.25) is 0 Å². The van der Waals surface area contributed by atoms with Gasteiger partial charge in [0.1, 0.15) is 5.82 Å². The van der Waals surface area contributed by atoms with Gasteiger partial charge in [-0.25, -0.2) is 4.98 Å². The summed E-state index contributed by atoms with van der Waals surface area (Å²) < 4.78 is 2.08. The van der Waals surface area contributed by atoms with Crippen molar-refractivity contribution in [2.45, 2.75) is 45.8 Å². The highest BCUT2D eigenvalue weighted by Crippen LogP contribution is 2.12. The van der Waals surface area contributed by atoms with Crippen molar-refractivity contribution in [3.05, 3.63) is 53.6 Å². The standard InChI is InChI=1S/C16H22N2O/c1-3-18-11-10-17-16(18)12-15(19)9-8-14-7-5-4-6-13(14)2/h4-7,10-11,15,19H,3,8-9,12H2,1-2H3. The summed E-state index contributed by atoms with van der Waals surface area (Å²) in [6.45, 7) is 5.11. The van der Waals surface area contributed by atoms with E-state index in [2.05, 4.69) is 41.6 Å². The first-order valence-electron chi connectivity index (χ1n) is 6.93. The minimum atomic E-state index is -0.327. The lowest BCUT2D eigenvalue weighted by Crippen LogP contribution is -2.15. The third kappa shape index (κ3) is 3.67. The van der Waals surface area contributed by atoms with Gasteiger partial charge in [0.15, 0.2) is 0 Å². The van der Waals surface area contributed by atoms with Gasteiger partial charge >= 0.3 is 0 Å². The topological polar surface area (TPSA) is 38.0 Å². The van der Waals surface area contributed by atoms with Crippen LogP contribution in [0.4, 0.5) is 0 Å². The summed E-state index contributed by atoms with van der Waals surface area (Å²) in [4.78, 5) is 4.30. The third-order valence-electron chi connectivity index (χ3n) is 3.57. The van der Waals surface area contributed by atoms with E-state index in [4.69, 9.17) is 0 Å². The van der Waals surface area contributed by atoms with E-state index in [-0.39, 0.29) is 6.10 Å². The van der Waals surface area contributed by atoms with E-state index in [0.717, 1.165) is 25.2 Å². The molecule has 3 heteroatoms. The summed E-state index contributed by atoms with van der Waals surface area (Å²) in [6.07, 6.45) is 5.76. The van der Waals surface area contributed by atoms with E-state index in [1.165, 1.54) is 11.1 Å². The van der Waals surface area contributed by atoms with Crippen LogP contribution in [-0.4, -0.2) is 20.8 Å². The molecule has 1 aromatic heterocycles. The van der Waals surface area contributed by atoms with Crippen molar-refractivity contribution < 1.29 is 5.11 Å². The predicted molar refractivity (Wildman–Crippen MR) is 77.1 cm³/mol. The summed E-state index contributed by atoms with van der Waals surface area (Å²) in [6, 6.07) is 8.35. The first-order valence-corrected chi connectivity index (χ1v) is 6.93. The fraction of sp³-hybridized carbons (Fsp3) is 0.438. The van der Waals surface area contributed by atoms with Gasteiger partial charge in [0.2, 0.25) is 0 Å². The molecule has 2 rings (SSSR count). The number of aromatic nitrogens is 2. The Morgan fingerprint density at radius 2 is 2.11 bits per heavy atom. The average molecular weight is 258 g/mol. The van der Waals surface area contributed by atoms with Crippen LogP contribution >= 0.6 is 0 Å². The van der Waals surface area contributed by atoms with Gasteiger partial charge in [0.05, 0.1) is 6.10 Å². The maximum Gasteiger partial charge on any atom is 0.111 e. The van der Waals surface area contributed by atoms with Gasteiger partial charge in [-0.1, -0.05) is 24.3 Å². The SMILES string of the molecule is CCn1ccnc1CC(O)CCc1ccccc1C. The Kier molecular flexibility index (Phi) is 4.74. The van der Waals surface area contributed by atoms with Gasteiger partial charge in [-0.15, -0.1) is 0 Å². The molecule has 0 aliphatic heterocycles. The molecule has 19 heavy (non-hydrogen) atoms. The van der Waals surface area contributed by atoms with E-state index in [9.17, 15) is 5.11 Å². The Hall–Kier alpha value is -1.61. The molecule has 102 valence electrons. The zero-order chi connectivity index (χ0) is 13.7. The molecule has 2 aromatic rings. The Morgan fingerprint density at radius 1 is 1.32 bits per heavy atom. The molecule has 1 aromatic carbocycles. The molecule has 1 heterocycles. The van der Waals surface area contributed by atoms with Crippen LogP contribution in [0.15, 0.2) is 36.7 Å². The highest BCUT2D eigenvalue weighted by atomic mass is 16.3. The molecule has 0 saturated heterocycles. The highest BCUT2D eigenvalue weighted by Gasteiger charge is 2.10. The average Bonchev–Trinajstić information content (AvgIpc) is 2.85. The van der Waals surface area contributed by atoms with Crippen molar-refractivity contribution in [3.8, 4) is 0 Å². The predicted octanol–water partition coefficient (Wildman–Crippen LogP) is 2.75. The number of aryl methyl sites for hydroxylation is 3. The largest absolute Gasteiger partial charge is 0.393 e. The summed E-state index contributed by atoms with van der Waals surface area (Å²) in [7, 11) is 0. The first kappa shape index (κ1) is 13.8. The van der Waals surface area contributed by atoms with E-state index in [0.29, 0.717) is 6.42 Å². The Morgan fingerprint density at radius 3 is 2.84 bits per heavy atom. The van der Waals surface area contributed by atoms with Gasteiger partial charge in [0.25, 0.3) is 0 Å². The number of hydrogen-bond acceptors (Lipinski definition) is 2. The highest BCUT2D eigenvalue weighted by molar-refractivity contribution is 5.25. The Labute approximate surface area is 114 Å². The van der Waals surface area contributed by atoms with Crippen molar-refractivity contribution in [1.82, 2.24) is 9.55 Å². The molecule has 1 unspecified atom stereocenters. The lowest BCUT2D eigenvalue weighted by Gasteiger charge is -2.12. The van der Waals surface area contributed by atoms with E-state index >= 15 is 0 Å². The summed E-state index contributed by atoms with van der Waals surface area (Å²) in [5.74, 6) is 0.972. The van der Waals surface area contributed by atoms with E-state index in [1.54, 1.807) is 6.20 Å². The maximum absolute atomic E-state index is 10.1. The Bertz CT molecular complexity index is 519. The van der Waals surface area contributed by atoms with Crippen molar-refractivity contribution in [2.24, 2.45) is 0 Å². The van der Waals surface area contributed by atoms with Gasteiger partial charge < -0.3 is 9.67 Å². The quantitative estimate of drug-likeness (QED) is 0.865. The normalized spacial score (nSPS) is 12.6. The molecule has 0 amide bonds. The fourth-order valence-electron chi connectivity index (χ4n) is 2.34. The van der Waals surface area contributed by atoms with Crippen LogP contribution in [0.1, 0.15) is 30.3 Å². The monoisotopic (exact) mass is 258 g/mol. The second-order valence-electron chi connectivity index (χ2n) is 4.95. The number of rotatable bonds is 6. The second-order valence-corrected chi connectivity index (χ2v) is 4.95. The lowest BCUT2D eigenvalue weighted by molar-refractivity contribution is 0.161. The van der Waals surface area contributed by atoms with E-state index < -0.39 is 0 Å². The van der Waals surface area contributed by atoms with Gasteiger partial charge in [-0.05, 0) is 37.8 Å². The number of aliphatic hydroxyl groups is 1. The molecule has 0 radical (unpaired) electrons. The second kappa shape index (κ2) is 6.53. The first-order chi connectivity index (χ1) is 9.20. The van der Waals surface area contributed by atoms with Crippen molar-refractivity contribution in [1.29, 1.82) is 0 Å². The third-order valence-corrected chi connectivity index (χ3v) is 3.57. The molecular weight excluding hydrogens is 236 g/mol. The van der Waals surface area contributed by atoms with E-state index in [1.807, 2.05) is 12.3 Å². The molecule has 1 atom stereocenters. The smallest absolute Gasteiger partial charge is 0.111 e. The maximum atomic E-state index is 10.1. The van der Waals surface area contributed by atoms with Crippen LogP contribution in [0.25, 0.3) is 0 Å². The zero-order valence-electron chi connectivity index (χ0n) is 11.7. The van der Waals surface area contributed by atoms with Crippen LogP contribution in [0, 0.1) is 6.92 Å². The number of benzene rings is 1. The van der Waals surface area contributed by atoms with Crippen molar-refractivity contribution >= 4 is 0 Å². The molecule has 0 aliphatic carbocycles. The molecule has 3 nitrogen and oxygen atoms in total. The Balaban J connectivity index is 1.88. The van der Waals surface area contributed by atoms with Crippen LogP contribution in [-0.2, 0) is 19.4 Å².